The molecule has 4 heteroatoms. The highest BCUT2D eigenvalue weighted by atomic mass is 16.5. The molecule has 0 heterocycles. The third-order valence-corrected chi connectivity index (χ3v) is 3.28. The molecule has 118 valence electrons. The second kappa shape index (κ2) is 8.17. The van der Waals surface area contributed by atoms with Gasteiger partial charge in [-0.3, -0.25) is 0 Å². The van der Waals surface area contributed by atoms with Gasteiger partial charge in [0, 0.05) is 6.54 Å². The number of para-hydroxylation sites is 2. The number of hydrogen-bond acceptors (Lipinski definition) is 4. The van der Waals surface area contributed by atoms with E-state index in [0.29, 0.717) is 13.2 Å². The molecule has 4 nitrogen and oxygen atoms in total. The van der Waals surface area contributed by atoms with Gasteiger partial charge in [0.2, 0.25) is 0 Å². The summed E-state index contributed by atoms with van der Waals surface area (Å²) in [7, 11) is 3.32. The largest absolute Gasteiger partial charge is 0.495 e. The summed E-state index contributed by atoms with van der Waals surface area (Å²) >= 11 is 0. The lowest BCUT2D eigenvalue weighted by Crippen LogP contribution is -2.03. The Kier molecular flexibility index (Phi) is 5.95. The van der Waals surface area contributed by atoms with Gasteiger partial charge in [0.1, 0.15) is 5.75 Å². The highest BCUT2D eigenvalue weighted by molar-refractivity contribution is 5.56. The summed E-state index contributed by atoms with van der Waals surface area (Å²) in [4.78, 5) is 0. The van der Waals surface area contributed by atoms with Crippen molar-refractivity contribution in [1.82, 2.24) is 0 Å². The topological polar surface area (TPSA) is 39.7 Å². The summed E-state index contributed by atoms with van der Waals surface area (Å²) in [6.07, 6.45) is 0.965. The van der Waals surface area contributed by atoms with Crippen molar-refractivity contribution < 1.29 is 14.2 Å². The zero-order chi connectivity index (χ0) is 15.8. The molecule has 0 saturated heterocycles. The van der Waals surface area contributed by atoms with Crippen molar-refractivity contribution >= 4 is 5.69 Å². The number of anilines is 1. The fourth-order valence-electron chi connectivity index (χ4n) is 2.14. The second-order valence-electron chi connectivity index (χ2n) is 4.89. The first-order chi connectivity index (χ1) is 10.8. The maximum atomic E-state index is 5.74. The minimum absolute atomic E-state index is 0.680. The van der Waals surface area contributed by atoms with Crippen LogP contribution in [0.25, 0.3) is 0 Å². The molecule has 0 aromatic heterocycles. The van der Waals surface area contributed by atoms with Gasteiger partial charge in [0.25, 0.3) is 0 Å². The number of rotatable bonds is 8. The molecule has 0 saturated carbocycles. The van der Waals surface area contributed by atoms with Crippen molar-refractivity contribution in [3.8, 4) is 17.2 Å². The molecule has 0 radical (unpaired) electrons. The number of benzene rings is 2. The Balaban J connectivity index is 2.09. The van der Waals surface area contributed by atoms with Gasteiger partial charge in [-0.1, -0.05) is 25.1 Å². The van der Waals surface area contributed by atoms with Crippen LogP contribution in [-0.4, -0.2) is 20.8 Å². The standard InChI is InChI=1S/C18H23NO3/c1-4-11-22-18-12-14(9-10-17(18)21-3)13-19-15-7-5-6-8-16(15)20-2/h5-10,12,19H,4,11,13H2,1-3H3. The van der Waals surface area contributed by atoms with Gasteiger partial charge in [-0.2, -0.15) is 0 Å². The van der Waals surface area contributed by atoms with E-state index in [4.69, 9.17) is 14.2 Å². The van der Waals surface area contributed by atoms with E-state index in [0.717, 1.165) is 34.9 Å². The van der Waals surface area contributed by atoms with Crippen LogP contribution in [0.15, 0.2) is 42.5 Å². The smallest absolute Gasteiger partial charge is 0.161 e. The Morgan fingerprint density at radius 2 is 1.68 bits per heavy atom. The lowest BCUT2D eigenvalue weighted by atomic mass is 10.2. The van der Waals surface area contributed by atoms with Gasteiger partial charge in [-0.15, -0.1) is 0 Å². The van der Waals surface area contributed by atoms with Crippen LogP contribution in [0.1, 0.15) is 18.9 Å². The maximum Gasteiger partial charge on any atom is 0.161 e. The molecule has 0 bridgehead atoms. The number of nitrogens with one attached hydrogen (secondary N) is 1. The fourth-order valence-corrected chi connectivity index (χ4v) is 2.14. The van der Waals surface area contributed by atoms with Gasteiger partial charge < -0.3 is 19.5 Å². The van der Waals surface area contributed by atoms with Crippen molar-refractivity contribution in [3.05, 3.63) is 48.0 Å². The van der Waals surface area contributed by atoms with Crippen LogP contribution in [-0.2, 0) is 6.54 Å². The zero-order valence-electron chi connectivity index (χ0n) is 13.4. The summed E-state index contributed by atoms with van der Waals surface area (Å²) in [6.45, 7) is 3.45. The van der Waals surface area contributed by atoms with Crippen molar-refractivity contribution in [1.29, 1.82) is 0 Å². The average molecular weight is 301 g/mol. The van der Waals surface area contributed by atoms with E-state index in [1.165, 1.54) is 0 Å². The van der Waals surface area contributed by atoms with E-state index in [9.17, 15) is 0 Å². The van der Waals surface area contributed by atoms with Crippen LogP contribution in [0.3, 0.4) is 0 Å². The highest BCUT2D eigenvalue weighted by Gasteiger charge is 2.07. The summed E-state index contributed by atoms with van der Waals surface area (Å²) < 4.78 is 16.4. The van der Waals surface area contributed by atoms with Crippen molar-refractivity contribution in [2.45, 2.75) is 19.9 Å². The number of hydrogen-bond donors (Lipinski definition) is 1. The zero-order valence-corrected chi connectivity index (χ0v) is 13.4. The Bertz CT molecular complexity index is 599. The van der Waals surface area contributed by atoms with E-state index >= 15 is 0 Å². The third-order valence-electron chi connectivity index (χ3n) is 3.28. The second-order valence-corrected chi connectivity index (χ2v) is 4.89. The Labute approximate surface area is 132 Å². The predicted molar refractivity (Wildman–Crippen MR) is 89.1 cm³/mol. The van der Waals surface area contributed by atoms with Crippen LogP contribution in [0.4, 0.5) is 5.69 Å². The molecule has 0 spiro atoms. The van der Waals surface area contributed by atoms with Crippen LogP contribution in [0.2, 0.25) is 0 Å². The van der Waals surface area contributed by atoms with Crippen molar-refractivity contribution in [3.63, 3.8) is 0 Å². The average Bonchev–Trinajstić information content (AvgIpc) is 2.58. The highest BCUT2D eigenvalue weighted by Crippen LogP contribution is 2.29. The molecule has 2 aromatic rings. The molecular weight excluding hydrogens is 278 g/mol. The number of ether oxygens (including phenoxy) is 3. The van der Waals surface area contributed by atoms with Gasteiger partial charge in [0.05, 0.1) is 26.5 Å². The summed E-state index contributed by atoms with van der Waals surface area (Å²) in [5.41, 5.74) is 2.09. The van der Waals surface area contributed by atoms with Crippen molar-refractivity contribution in [2.24, 2.45) is 0 Å². The quantitative estimate of drug-likeness (QED) is 0.796. The molecule has 0 aliphatic heterocycles. The van der Waals surface area contributed by atoms with Gasteiger partial charge in [-0.25, -0.2) is 0 Å². The van der Waals surface area contributed by atoms with E-state index < -0.39 is 0 Å². The monoisotopic (exact) mass is 301 g/mol. The molecule has 22 heavy (non-hydrogen) atoms. The maximum absolute atomic E-state index is 5.74. The molecule has 0 aliphatic carbocycles. The van der Waals surface area contributed by atoms with E-state index in [-0.39, 0.29) is 0 Å². The molecule has 0 amide bonds. The van der Waals surface area contributed by atoms with Crippen LogP contribution < -0.4 is 19.5 Å². The van der Waals surface area contributed by atoms with Crippen LogP contribution in [0, 0.1) is 0 Å². The Morgan fingerprint density at radius 1 is 0.909 bits per heavy atom. The van der Waals surface area contributed by atoms with Crippen LogP contribution >= 0.6 is 0 Å². The lowest BCUT2D eigenvalue weighted by Gasteiger charge is -2.14. The third kappa shape index (κ3) is 4.07. The Hall–Kier alpha value is -2.36. The van der Waals surface area contributed by atoms with E-state index in [2.05, 4.69) is 12.2 Å². The molecule has 0 atom stereocenters. The molecule has 2 rings (SSSR count). The Morgan fingerprint density at radius 3 is 2.41 bits per heavy atom. The lowest BCUT2D eigenvalue weighted by molar-refractivity contribution is 0.294. The molecule has 2 aromatic carbocycles. The minimum atomic E-state index is 0.680. The summed E-state index contributed by atoms with van der Waals surface area (Å²) in [5.74, 6) is 2.37. The minimum Gasteiger partial charge on any atom is -0.495 e. The van der Waals surface area contributed by atoms with Gasteiger partial charge in [-0.05, 0) is 36.2 Å². The molecule has 0 aliphatic rings. The summed E-state index contributed by atoms with van der Waals surface area (Å²) in [6, 6.07) is 13.8. The van der Waals surface area contributed by atoms with Crippen LogP contribution in [0.5, 0.6) is 17.2 Å². The van der Waals surface area contributed by atoms with E-state index in [1.54, 1.807) is 14.2 Å². The first-order valence-electron chi connectivity index (χ1n) is 7.45. The SMILES string of the molecule is CCCOc1cc(CNc2ccccc2OC)ccc1OC. The molecular formula is C18H23NO3. The first kappa shape index (κ1) is 16.0. The van der Waals surface area contributed by atoms with Gasteiger partial charge in [0.15, 0.2) is 11.5 Å². The molecule has 1 N–H and O–H groups in total. The van der Waals surface area contributed by atoms with Crippen molar-refractivity contribution in [2.75, 3.05) is 26.1 Å². The predicted octanol–water partition coefficient (Wildman–Crippen LogP) is 4.10. The molecule has 0 unspecified atom stereocenters. The first-order valence-corrected chi connectivity index (χ1v) is 7.45. The molecule has 0 fully saturated rings. The van der Waals surface area contributed by atoms with Gasteiger partial charge >= 0.3 is 0 Å². The fraction of sp³-hybridized carbons (Fsp3) is 0.333. The van der Waals surface area contributed by atoms with E-state index in [1.807, 2.05) is 42.5 Å². The normalized spacial score (nSPS) is 10.1. The number of methoxy groups -OCH3 is 2. The summed E-state index contributed by atoms with van der Waals surface area (Å²) in [5, 5.41) is 3.38.